The van der Waals surface area contributed by atoms with Crippen molar-refractivity contribution >= 4 is 34.4 Å². The van der Waals surface area contributed by atoms with Crippen molar-refractivity contribution in [3.63, 3.8) is 0 Å². The van der Waals surface area contributed by atoms with Gasteiger partial charge in [-0.15, -0.1) is 0 Å². The molecule has 0 aromatic heterocycles. The third-order valence-corrected chi connectivity index (χ3v) is 2.89. The molecule has 9 heteroatoms. The van der Waals surface area contributed by atoms with E-state index >= 15 is 0 Å². The summed E-state index contributed by atoms with van der Waals surface area (Å²) in [5, 5.41) is 20.8. The number of halogens is 1. The second kappa shape index (κ2) is 7.23. The summed E-state index contributed by atoms with van der Waals surface area (Å²) in [6.45, 7) is 1.74. The molecular formula is C13H13ClN4O4. The van der Waals surface area contributed by atoms with Gasteiger partial charge >= 0.3 is 0 Å². The molecule has 0 amide bonds. The first-order valence-electron chi connectivity index (χ1n) is 5.92. The Hall–Kier alpha value is -2.87. The summed E-state index contributed by atoms with van der Waals surface area (Å²) in [6, 6.07) is 8.51. The summed E-state index contributed by atoms with van der Waals surface area (Å²) < 4.78 is 0. The van der Waals surface area contributed by atoms with E-state index in [0.717, 1.165) is 5.56 Å². The molecule has 4 N–H and O–H groups in total. The molecule has 2 aromatic rings. The Labute approximate surface area is 130 Å². The van der Waals surface area contributed by atoms with Crippen molar-refractivity contribution < 1.29 is 9.85 Å². The molecule has 2 aromatic carbocycles. The van der Waals surface area contributed by atoms with Crippen molar-refractivity contribution in [2.24, 2.45) is 0 Å². The highest BCUT2D eigenvalue weighted by molar-refractivity contribution is 6.30. The first kappa shape index (κ1) is 17.2. The van der Waals surface area contributed by atoms with E-state index in [9.17, 15) is 20.2 Å². The number of anilines is 2. The van der Waals surface area contributed by atoms with Crippen LogP contribution in [0.2, 0.25) is 5.02 Å². The van der Waals surface area contributed by atoms with Crippen LogP contribution >= 0.6 is 11.6 Å². The van der Waals surface area contributed by atoms with Gasteiger partial charge in [-0.25, -0.2) is 0 Å². The van der Waals surface area contributed by atoms with E-state index in [0.29, 0.717) is 10.7 Å². The predicted octanol–water partition coefficient (Wildman–Crippen LogP) is 3.32. The van der Waals surface area contributed by atoms with E-state index in [-0.39, 0.29) is 17.1 Å². The van der Waals surface area contributed by atoms with Crippen molar-refractivity contribution in [2.45, 2.75) is 6.92 Å². The van der Waals surface area contributed by atoms with Crippen LogP contribution < -0.4 is 11.5 Å². The maximum Gasteiger partial charge on any atom is 0.293 e. The van der Waals surface area contributed by atoms with Gasteiger partial charge in [-0.05, 0) is 30.7 Å². The SMILES string of the molecule is Cc1cc([N+](=O)[O-])ccc1N.Nc1ccc(Cl)cc1[N+](=O)[O-]. The molecule has 0 saturated carbocycles. The Kier molecular flexibility index (Phi) is 5.65. The van der Waals surface area contributed by atoms with Gasteiger partial charge in [0.05, 0.1) is 9.85 Å². The van der Waals surface area contributed by atoms with Crippen LogP contribution in [0.15, 0.2) is 36.4 Å². The molecular weight excluding hydrogens is 312 g/mol. The molecule has 0 unspecified atom stereocenters. The van der Waals surface area contributed by atoms with Crippen LogP contribution in [0.3, 0.4) is 0 Å². The van der Waals surface area contributed by atoms with Crippen molar-refractivity contribution in [3.8, 4) is 0 Å². The van der Waals surface area contributed by atoms with Gasteiger partial charge in [0.25, 0.3) is 11.4 Å². The molecule has 0 bridgehead atoms. The number of hydrogen-bond donors (Lipinski definition) is 2. The molecule has 0 aliphatic carbocycles. The zero-order chi connectivity index (χ0) is 16.9. The second-order valence-electron chi connectivity index (χ2n) is 4.26. The number of nitrogen functional groups attached to an aromatic ring is 2. The number of nitro groups is 2. The summed E-state index contributed by atoms with van der Waals surface area (Å²) in [6.07, 6.45) is 0. The van der Waals surface area contributed by atoms with Crippen LogP contribution in [-0.4, -0.2) is 9.85 Å². The van der Waals surface area contributed by atoms with Crippen molar-refractivity contribution in [3.05, 3.63) is 67.2 Å². The molecule has 0 heterocycles. The van der Waals surface area contributed by atoms with Crippen LogP contribution in [-0.2, 0) is 0 Å². The quantitative estimate of drug-likeness (QED) is 0.493. The van der Waals surface area contributed by atoms with Gasteiger partial charge in [0.15, 0.2) is 0 Å². The maximum absolute atomic E-state index is 10.2. The molecule has 8 nitrogen and oxygen atoms in total. The average Bonchev–Trinajstić information content (AvgIpc) is 2.44. The van der Waals surface area contributed by atoms with Crippen molar-refractivity contribution in [2.75, 3.05) is 11.5 Å². The monoisotopic (exact) mass is 324 g/mol. The lowest BCUT2D eigenvalue weighted by atomic mass is 10.2. The molecule has 2 rings (SSSR count). The summed E-state index contributed by atoms with van der Waals surface area (Å²) >= 11 is 5.50. The fourth-order valence-corrected chi connectivity index (χ4v) is 1.61. The molecule has 116 valence electrons. The number of benzene rings is 2. The normalized spacial score (nSPS) is 9.55. The Morgan fingerprint density at radius 1 is 0.955 bits per heavy atom. The topological polar surface area (TPSA) is 138 Å². The number of nitrogens with two attached hydrogens (primary N) is 2. The number of nitrogens with zero attached hydrogens (tertiary/aromatic N) is 2. The predicted molar refractivity (Wildman–Crippen MR) is 84.8 cm³/mol. The van der Waals surface area contributed by atoms with Gasteiger partial charge in [-0.1, -0.05) is 11.6 Å². The Balaban J connectivity index is 0.000000220. The lowest BCUT2D eigenvalue weighted by molar-refractivity contribution is -0.384. The minimum atomic E-state index is -0.568. The highest BCUT2D eigenvalue weighted by Gasteiger charge is 2.10. The molecule has 0 saturated heterocycles. The second-order valence-corrected chi connectivity index (χ2v) is 4.69. The molecule has 22 heavy (non-hydrogen) atoms. The first-order valence-corrected chi connectivity index (χ1v) is 6.30. The summed E-state index contributed by atoms with van der Waals surface area (Å²) in [5.41, 5.74) is 12.1. The highest BCUT2D eigenvalue weighted by atomic mass is 35.5. The van der Waals surface area contributed by atoms with Gasteiger partial charge in [-0.3, -0.25) is 20.2 Å². The fraction of sp³-hybridized carbons (Fsp3) is 0.0769. The van der Waals surface area contributed by atoms with E-state index in [1.54, 1.807) is 6.92 Å². The summed E-state index contributed by atoms with van der Waals surface area (Å²) in [4.78, 5) is 19.5. The van der Waals surface area contributed by atoms with Gasteiger partial charge in [0.2, 0.25) is 0 Å². The van der Waals surface area contributed by atoms with Gasteiger partial charge < -0.3 is 11.5 Å². The summed E-state index contributed by atoms with van der Waals surface area (Å²) in [5.74, 6) is 0. The minimum absolute atomic E-state index is 0.0803. The van der Waals surface area contributed by atoms with E-state index in [2.05, 4.69) is 0 Å². The first-order chi connectivity index (χ1) is 10.2. The van der Waals surface area contributed by atoms with E-state index in [4.69, 9.17) is 23.1 Å². The molecule has 0 aliphatic heterocycles. The van der Waals surface area contributed by atoms with Gasteiger partial charge in [0.1, 0.15) is 5.69 Å². The smallest absolute Gasteiger partial charge is 0.293 e. The third-order valence-electron chi connectivity index (χ3n) is 2.65. The maximum atomic E-state index is 10.2. The lowest BCUT2D eigenvalue weighted by Crippen LogP contribution is -1.94. The Morgan fingerprint density at radius 3 is 2.00 bits per heavy atom. The number of hydrogen-bond acceptors (Lipinski definition) is 6. The van der Waals surface area contributed by atoms with E-state index < -0.39 is 9.85 Å². The molecule has 0 atom stereocenters. The van der Waals surface area contributed by atoms with Crippen LogP contribution in [0.1, 0.15) is 5.56 Å². The van der Waals surface area contributed by atoms with Crippen LogP contribution in [0.5, 0.6) is 0 Å². The Bertz CT molecular complexity index is 721. The number of aryl methyl sites for hydroxylation is 1. The number of nitro benzene ring substituents is 2. The van der Waals surface area contributed by atoms with Gasteiger partial charge in [-0.2, -0.15) is 0 Å². The standard InChI is InChI=1S/C7H8N2O2.C6H5ClN2O2/c1-5-4-6(9(10)11)2-3-7(5)8;7-4-1-2-5(8)6(3-4)9(10)11/h2-4H,8H2,1H3;1-3H,8H2. The summed E-state index contributed by atoms with van der Waals surface area (Å²) in [7, 11) is 0. The lowest BCUT2D eigenvalue weighted by Gasteiger charge is -1.97. The average molecular weight is 325 g/mol. The Morgan fingerprint density at radius 2 is 1.55 bits per heavy atom. The number of non-ortho nitro benzene ring substituents is 1. The van der Waals surface area contributed by atoms with Crippen LogP contribution in [0.25, 0.3) is 0 Å². The highest BCUT2D eigenvalue weighted by Crippen LogP contribution is 2.24. The molecule has 0 radical (unpaired) electrons. The molecule has 0 aliphatic rings. The largest absolute Gasteiger partial charge is 0.399 e. The van der Waals surface area contributed by atoms with Crippen LogP contribution in [0, 0.1) is 27.2 Å². The zero-order valence-electron chi connectivity index (χ0n) is 11.5. The van der Waals surface area contributed by atoms with Crippen molar-refractivity contribution in [1.29, 1.82) is 0 Å². The molecule has 0 fully saturated rings. The van der Waals surface area contributed by atoms with E-state index in [1.165, 1.54) is 36.4 Å². The van der Waals surface area contributed by atoms with Crippen LogP contribution in [0.4, 0.5) is 22.7 Å². The zero-order valence-corrected chi connectivity index (χ0v) is 12.3. The van der Waals surface area contributed by atoms with E-state index in [1.807, 2.05) is 0 Å². The number of rotatable bonds is 2. The fourth-order valence-electron chi connectivity index (χ4n) is 1.45. The minimum Gasteiger partial charge on any atom is -0.399 e. The van der Waals surface area contributed by atoms with Crippen molar-refractivity contribution in [1.82, 2.24) is 0 Å². The molecule has 0 spiro atoms. The van der Waals surface area contributed by atoms with Gasteiger partial charge in [0, 0.05) is 28.9 Å². The third kappa shape index (κ3) is 4.60.